The maximum Gasteiger partial charge on any atom is 0.00967 e. The molecule has 0 amide bonds. The molecule has 100 valence electrons. The molecule has 0 radical (unpaired) electrons. The highest BCUT2D eigenvalue weighted by Crippen LogP contribution is 2.62. The smallest absolute Gasteiger partial charge is 0.00967 e. The average Bonchev–Trinajstić information content (AvgIpc) is 2.83. The predicted molar refractivity (Wildman–Crippen MR) is 75.1 cm³/mol. The minimum atomic E-state index is 0.270. The van der Waals surface area contributed by atoms with Gasteiger partial charge < -0.3 is 5.32 Å². The van der Waals surface area contributed by atoms with E-state index in [9.17, 15) is 0 Å². The third kappa shape index (κ3) is 3.05. The van der Waals surface area contributed by atoms with E-state index >= 15 is 0 Å². The molecule has 1 heteroatoms. The Labute approximate surface area is 108 Å². The minimum Gasteiger partial charge on any atom is -0.312 e. The lowest BCUT2D eigenvalue weighted by atomic mass is 9.70. The molecule has 0 aromatic rings. The largest absolute Gasteiger partial charge is 0.312 e. The molecule has 3 unspecified atom stereocenters. The van der Waals surface area contributed by atoms with E-state index in [0.717, 1.165) is 17.8 Å². The molecule has 0 saturated heterocycles. The van der Waals surface area contributed by atoms with Crippen LogP contribution in [0.1, 0.15) is 66.7 Å². The van der Waals surface area contributed by atoms with Crippen LogP contribution in [-0.4, -0.2) is 12.1 Å². The Bertz CT molecular complexity index is 253. The monoisotopic (exact) mass is 237 g/mol. The van der Waals surface area contributed by atoms with Gasteiger partial charge in [-0.2, -0.15) is 0 Å². The molecule has 2 aliphatic carbocycles. The quantitative estimate of drug-likeness (QED) is 0.754. The van der Waals surface area contributed by atoms with Crippen molar-refractivity contribution in [3.8, 4) is 0 Å². The number of hydrogen-bond acceptors (Lipinski definition) is 1. The van der Waals surface area contributed by atoms with E-state index in [1.54, 1.807) is 0 Å². The fourth-order valence-corrected chi connectivity index (χ4v) is 3.84. The van der Waals surface area contributed by atoms with Gasteiger partial charge in [0.15, 0.2) is 0 Å². The normalized spacial score (nSPS) is 37.9. The minimum absolute atomic E-state index is 0.270. The highest BCUT2D eigenvalue weighted by Gasteiger charge is 2.55. The SMILES string of the molecule is CCCC(C)C1(CNC(C)(C)C)CC2CC2C1. The van der Waals surface area contributed by atoms with Gasteiger partial charge in [-0.1, -0.05) is 26.7 Å². The number of fused-ring (bicyclic) bond motifs is 1. The zero-order valence-corrected chi connectivity index (χ0v) is 12.5. The third-order valence-corrected chi connectivity index (χ3v) is 5.14. The van der Waals surface area contributed by atoms with Gasteiger partial charge in [-0.25, -0.2) is 0 Å². The van der Waals surface area contributed by atoms with Crippen molar-refractivity contribution >= 4 is 0 Å². The molecule has 2 rings (SSSR count). The second kappa shape index (κ2) is 4.57. The fourth-order valence-electron chi connectivity index (χ4n) is 3.84. The maximum atomic E-state index is 3.79. The third-order valence-electron chi connectivity index (χ3n) is 5.14. The van der Waals surface area contributed by atoms with E-state index in [1.807, 2.05) is 0 Å². The summed E-state index contributed by atoms with van der Waals surface area (Å²) in [6.07, 6.45) is 7.29. The molecule has 0 aromatic carbocycles. The molecular weight excluding hydrogens is 206 g/mol. The van der Waals surface area contributed by atoms with Crippen LogP contribution in [0.5, 0.6) is 0 Å². The van der Waals surface area contributed by atoms with Gasteiger partial charge in [0.05, 0.1) is 0 Å². The van der Waals surface area contributed by atoms with Crippen molar-refractivity contribution < 1.29 is 0 Å². The summed E-state index contributed by atoms with van der Waals surface area (Å²) in [5.74, 6) is 3.09. The van der Waals surface area contributed by atoms with E-state index in [-0.39, 0.29) is 5.54 Å². The van der Waals surface area contributed by atoms with E-state index in [1.165, 1.54) is 38.6 Å². The Morgan fingerprint density at radius 1 is 1.24 bits per heavy atom. The topological polar surface area (TPSA) is 12.0 Å². The van der Waals surface area contributed by atoms with Crippen molar-refractivity contribution in [3.05, 3.63) is 0 Å². The molecule has 0 heterocycles. The standard InChI is InChI=1S/C16H31N/c1-6-7-12(2)16(11-17-15(3,4)5)9-13-8-14(13)10-16/h12-14,17H,6-11H2,1-5H3. The van der Waals surface area contributed by atoms with Crippen LogP contribution >= 0.6 is 0 Å². The first kappa shape index (κ1) is 13.4. The van der Waals surface area contributed by atoms with Gasteiger partial charge in [0.2, 0.25) is 0 Å². The molecular formula is C16H31N. The molecule has 0 spiro atoms. The van der Waals surface area contributed by atoms with Crippen molar-refractivity contribution in [3.63, 3.8) is 0 Å². The van der Waals surface area contributed by atoms with Crippen molar-refractivity contribution in [2.24, 2.45) is 23.2 Å². The zero-order chi connectivity index (χ0) is 12.7. The van der Waals surface area contributed by atoms with Crippen molar-refractivity contribution in [2.45, 2.75) is 72.3 Å². The van der Waals surface area contributed by atoms with Crippen LogP contribution < -0.4 is 5.32 Å². The molecule has 17 heavy (non-hydrogen) atoms. The molecule has 1 nitrogen and oxygen atoms in total. The Balaban J connectivity index is 1.98. The second-order valence-electron chi connectivity index (χ2n) is 7.82. The van der Waals surface area contributed by atoms with Crippen LogP contribution in [0.15, 0.2) is 0 Å². The molecule has 2 aliphatic rings. The van der Waals surface area contributed by atoms with Gasteiger partial charge >= 0.3 is 0 Å². The Hall–Kier alpha value is -0.0400. The molecule has 0 aliphatic heterocycles. The molecule has 1 N–H and O–H groups in total. The van der Waals surface area contributed by atoms with Crippen LogP contribution in [0.25, 0.3) is 0 Å². The number of hydrogen-bond donors (Lipinski definition) is 1. The van der Waals surface area contributed by atoms with Crippen LogP contribution in [0.4, 0.5) is 0 Å². The molecule has 2 fully saturated rings. The summed E-state index contributed by atoms with van der Waals surface area (Å²) < 4.78 is 0. The van der Waals surface area contributed by atoms with E-state index in [4.69, 9.17) is 0 Å². The summed E-state index contributed by atoms with van der Waals surface area (Å²) in [5.41, 5.74) is 0.891. The van der Waals surface area contributed by atoms with Crippen LogP contribution in [0, 0.1) is 23.2 Å². The Morgan fingerprint density at radius 2 is 1.82 bits per heavy atom. The maximum absolute atomic E-state index is 3.79. The Kier molecular flexibility index (Phi) is 3.60. The summed E-state index contributed by atoms with van der Waals surface area (Å²) in [6.45, 7) is 12.9. The summed E-state index contributed by atoms with van der Waals surface area (Å²) in [5, 5.41) is 3.79. The lowest BCUT2D eigenvalue weighted by molar-refractivity contribution is 0.132. The van der Waals surface area contributed by atoms with Gasteiger partial charge in [0.1, 0.15) is 0 Å². The number of rotatable bonds is 5. The van der Waals surface area contributed by atoms with Gasteiger partial charge in [0, 0.05) is 12.1 Å². The van der Waals surface area contributed by atoms with Gasteiger partial charge in [-0.3, -0.25) is 0 Å². The van der Waals surface area contributed by atoms with E-state index < -0.39 is 0 Å². The van der Waals surface area contributed by atoms with Gasteiger partial charge in [-0.15, -0.1) is 0 Å². The first-order valence-corrected chi connectivity index (χ1v) is 7.61. The average molecular weight is 237 g/mol. The summed E-state index contributed by atoms with van der Waals surface area (Å²) >= 11 is 0. The zero-order valence-electron chi connectivity index (χ0n) is 12.5. The van der Waals surface area contributed by atoms with Crippen LogP contribution in [-0.2, 0) is 0 Å². The van der Waals surface area contributed by atoms with Crippen LogP contribution in [0.2, 0.25) is 0 Å². The fraction of sp³-hybridized carbons (Fsp3) is 1.00. The first-order valence-electron chi connectivity index (χ1n) is 7.61. The summed E-state index contributed by atoms with van der Waals surface area (Å²) in [6, 6.07) is 0. The van der Waals surface area contributed by atoms with Crippen molar-refractivity contribution in [1.82, 2.24) is 5.32 Å². The van der Waals surface area contributed by atoms with Crippen molar-refractivity contribution in [2.75, 3.05) is 6.54 Å². The molecule has 3 atom stereocenters. The van der Waals surface area contributed by atoms with Crippen LogP contribution in [0.3, 0.4) is 0 Å². The summed E-state index contributed by atoms with van der Waals surface area (Å²) in [7, 11) is 0. The Morgan fingerprint density at radius 3 is 2.29 bits per heavy atom. The van der Waals surface area contributed by atoms with Gasteiger partial charge in [-0.05, 0) is 63.2 Å². The lowest BCUT2D eigenvalue weighted by Gasteiger charge is -2.40. The van der Waals surface area contributed by atoms with Gasteiger partial charge in [0.25, 0.3) is 0 Å². The van der Waals surface area contributed by atoms with Crippen molar-refractivity contribution in [1.29, 1.82) is 0 Å². The molecule has 0 bridgehead atoms. The predicted octanol–water partition coefficient (Wildman–Crippen LogP) is 4.23. The number of nitrogens with one attached hydrogen (secondary N) is 1. The highest BCUT2D eigenvalue weighted by atomic mass is 15.0. The second-order valence-corrected chi connectivity index (χ2v) is 7.82. The first-order chi connectivity index (χ1) is 7.86. The van der Waals surface area contributed by atoms with E-state index in [0.29, 0.717) is 5.41 Å². The van der Waals surface area contributed by atoms with E-state index in [2.05, 4.69) is 39.9 Å². The highest BCUT2D eigenvalue weighted by molar-refractivity contribution is 5.06. The molecule has 0 aromatic heterocycles. The molecule has 2 saturated carbocycles. The summed E-state index contributed by atoms with van der Waals surface area (Å²) in [4.78, 5) is 0. The lowest BCUT2D eigenvalue weighted by Crippen LogP contribution is -2.46.